The predicted octanol–water partition coefficient (Wildman–Crippen LogP) is 5.60. The van der Waals surface area contributed by atoms with Gasteiger partial charge in [-0.25, -0.2) is 4.68 Å². The summed E-state index contributed by atoms with van der Waals surface area (Å²) in [6, 6.07) is 13.5. The van der Waals surface area contributed by atoms with E-state index >= 15 is 0 Å². The molecule has 0 bridgehead atoms. The van der Waals surface area contributed by atoms with Gasteiger partial charge in [0.15, 0.2) is 5.69 Å². The van der Waals surface area contributed by atoms with Crippen LogP contribution in [0.2, 0.25) is 0 Å². The molecule has 140 valence electrons. The highest BCUT2D eigenvalue weighted by molar-refractivity contribution is 5.65. The number of aromatic nitrogens is 2. The van der Waals surface area contributed by atoms with Gasteiger partial charge in [-0.1, -0.05) is 23.8 Å². The van der Waals surface area contributed by atoms with E-state index < -0.39 is 11.9 Å². The Bertz CT molecular complexity index is 957. The Kier molecular flexibility index (Phi) is 5.08. The summed E-state index contributed by atoms with van der Waals surface area (Å²) in [5, 5.41) is 3.82. The number of nitrogens with zero attached hydrogens (tertiary/aromatic N) is 2. The standard InChI is InChI=1S/C21H19F3N2O/c1-4-5-16-12-15(8-11-19(16)27-3)18-13-20(21(22,23)24)25-26(18)17-9-6-14(2)7-10-17/h4,6-13H,1,5H2,2-3H3. The van der Waals surface area contributed by atoms with Gasteiger partial charge >= 0.3 is 6.18 Å². The molecule has 0 aliphatic rings. The summed E-state index contributed by atoms with van der Waals surface area (Å²) >= 11 is 0. The predicted molar refractivity (Wildman–Crippen MR) is 99.2 cm³/mol. The summed E-state index contributed by atoms with van der Waals surface area (Å²) in [6.45, 7) is 5.64. The Morgan fingerprint density at radius 3 is 2.41 bits per heavy atom. The monoisotopic (exact) mass is 372 g/mol. The van der Waals surface area contributed by atoms with Crippen molar-refractivity contribution in [2.45, 2.75) is 19.5 Å². The minimum Gasteiger partial charge on any atom is -0.496 e. The van der Waals surface area contributed by atoms with Gasteiger partial charge in [-0.2, -0.15) is 18.3 Å². The van der Waals surface area contributed by atoms with Crippen molar-refractivity contribution < 1.29 is 17.9 Å². The first-order valence-corrected chi connectivity index (χ1v) is 8.36. The first kappa shape index (κ1) is 18.8. The molecule has 0 saturated heterocycles. The average molecular weight is 372 g/mol. The molecule has 0 atom stereocenters. The number of halogens is 3. The fourth-order valence-corrected chi connectivity index (χ4v) is 2.86. The van der Waals surface area contributed by atoms with Gasteiger partial charge in [0, 0.05) is 5.56 Å². The van der Waals surface area contributed by atoms with Gasteiger partial charge in [-0.15, -0.1) is 6.58 Å². The van der Waals surface area contributed by atoms with E-state index in [1.807, 2.05) is 25.1 Å². The van der Waals surface area contributed by atoms with Gasteiger partial charge in [0.1, 0.15) is 5.75 Å². The maximum Gasteiger partial charge on any atom is 0.435 e. The van der Waals surface area contributed by atoms with E-state index in [1.54, 1.807) is 37.5 Å². The Morgan fingerprint density at radius 1 is 1.11 bits per heavy atom. The molecule has 0 radical (unpaired) electrons. The number of rotatable bonds is 5. The summed E-state index contributed by atoms with van der Waals surface area (Å²) in [7, 11) is 1.56. The lowest BCUT2D eigenvalue weighted by atomic mass is 10.0. The van der Waals surface area contributed by atoms with Crippen molar-refractivity contribution in [1.82, 2.24) is 9.78 Å². The van der Waals surface area contributed by atoms with Crippen LogP contribution in [0.1, 0.15) is 16.8 Å². The number of aryl methyl sites for hydroxylation is 1. The van der Waals surface area contributed by atoms with Crippen LogP contribution in [0.15, 0.2) is 61.2 Å². The molecule has 1 heterocycles. The zero-order chi connectivity index (χ0) is 19.6. The van der Waals surface area contributed by atoms with E-state index in [9.17, 15) is 13.2 Å². The van der Waals surface area contributed by atoms with Crippen molar-refractivity contribution in [3.63, 3.8) is 0 Å². The number of alkyl halides is 3. The largest absolute Gasteiger partial charge is 0.496 e. The van der Waals surface area contributed by atoms with Crippen LogP contribution in [0.4, 0.5) is 13.2 Å². The van der Waals surface area contributed by atoms with Gasteiger partial charge in [0.2, 0.25) is 0 Å². The molecule has 0 amide bonds. The molecular formula is C21H19F3N2O. The van der Waals surface area contributed by atoms with Crippen LogP contribution in [0.25, 0.3) is 16.9 Å². The van der Waals surface area contributed by atoms with Crippen LogP contribution in [-0.2, 0) is 12.6 Å². The van der Waals surface area contributed by atoms with Crippen LogP contribution in [0.5, 0.6) is 5.75 Å². The van der Waals surface area contributed by atoms with Crippen molar-refractivity contribution in [3.05, 3.63) is 78.0 Å². The summed E-state index contributed by atoms with van der Waals surface area (Å²) in [4.78, 5) is 0. The molecule has 0 aliphatic carbocycles. The van der Waals surface area contributed by atoms with Gasteiger partial charge in [-0.05, 0) is 55.3 Å². The molecule has 0 aliphatic heterocycles. The summed E-state index contributed by atoms with van der Waals surface area (Å²) < 4.78 is 46.5. The van der Waals surface area contributed by atoms with Gasteiger partial charge in [0.05, 0.1) is 18.5 Å². The maximum absolute atomic E-state index is 13.3. The first-order chi connectivity index (χ1) is 12.8. The molecule has 6 heteroatoms. The maximum atomic E-state index is 13.3. The smallest absolute Gasteiger partial charge is 0.435 e. The molecule has 0 spiro atoms. The van der Waals surface area contributed by atoms with Crippen molar-refractivity contribution in [2.24, 2.45) is 0 Å². The number of allylic oxidation sites excluding steroid dienone is 1. The molecule has 3 rings (SSSR count). The third-order valence-electron chi connectivity index (χ3n) is 4.22. The highest BCUT2D eigenvalue weighted by Gasteiger charge is 2.35. The Hall–Kier alpha value is -3.02. The highest BCUT2D eigenvalue weighted by Crippen LogP contribution is 2.34. The summed E-state index contributed by atoms with van der Waals surface area (Å²) in [6.07, 6.45) is -2.26. The minimum atomic E-state index is -4.53. The number of benzene rings is 2. The third kappa shape index (κ3) is 3.89. The second kappa shape index (κ2) is 7.31. The second-order valence-electron chi connectivity index (χ2n) is 6.18. The van der Waals surface area contributed by atoms with E-state index in [-0.39, 0.29) is 0 Å². The molecule has 3 aromatic rings. The quantitative estimate of drug-likeness (QED) is 0.545. The molecule has 0 unspecified atom stereocenters. The average Bonchev–Trinajstić information content (AvgIpc) is 3.08. The van der Waals surface area contributed by atoms with Crippen LogP contribution in [0.3, 0.4) is 0 Å². The number of methoxy groups -OCH3 is 1. The molecule has 2 aromatic carbocycles. The first-order valence-electron chi connectivity index (χ1n) is 8.36. The van der Waals surface area contributed by atoms with Crippen molar-refractivity contribution >= 4 is 0 Å². The molecule has 1 aromatic heterocycles. The van der Waals surface area contributed by atoms with Gasteiger partial charge in [-0.3, -0.25) is 0 Å². The highest BCUT2D eigenvalue weighted by atomic mass is 19.4. The van der Waals surface area contributed by atoms with E-state index in [1.165, 1.54) is 4.68 Å². The van der Waals surface area contributed by atoms with E-state index in [2.05, 4.69) is 11.7 Å². The second-order valence-corrected chi connectivity index (χ2v) is 6.18. The lowest BCUT2D eigenvalue weighted by Gasteiger charge is -2.11. The molecule has 3 nitrogen and oxygen atoms in total. The summed E-state index contributed by atoms with van der Waals surface area (Å²) in [5.74, 6) is 0.663. The zero-order valence-corrected chi connectivity index (χ0v) is 15.0. The molecule has 0 N–H and O–H groups in total. The molecule has 0 saturated carbocycles. The molecule has 0 fully saturated rings. The molecular weight excluding hydrogens is 353 g/mol. The number of hydrogen-bond acceptors (Lipinski definition) is 2. The van der Waals surface area contributed by atoms with Gasteiger partial charge < -0.3 is 4.74 Å². The molecule has 27 heavy (non-hydrogen) atoms. The van der Waals surface area contributed by atoms with Gasteiger partial charge in [0.25, 0.3) is 0 Å². The van der Waals surface area contributed by atoms with E-state index in [0.717, 1.165) is 17.2 Å². The lowest BCUT2D eigenvalue weighted by Crippen LogP contribution is -2.07. The van der Waals surface area contributed by atoms with Crippen molar-refractivity contribution in [1.29, 1.82) is 0 Å². The topological polar surface area (TPSA) is 27.1 Å². The Labute approximate surface area is 155 Å². The van der Waals surface area contributed by atoms with Crippen molar-refractivity contribution in [3.8, 4) is 22.7 Å². The number of ether oxygens (including phenoxy) is 1. The van der Waals surface area contributed by atoms with E-state index in [0.29, 0.717) is 29.1 Å². The van der Waals surface area contributed by atoms with Crippen molar-refractivity contribution in [2.75, 3.05) is 7.11 Å². The normalized spacial score (nSPS) is 11.4. The Balaban J connectivity index is 2.19. The lowest BCUT2D eigenvalue weighted by molar-refractivity contribution is -0.141. The SMILES string of the molecule is C=CCc1cc(-c2cc(C(F)(F)F)nn2-c2ccc(C)cc2)ccc1OC. The van der Waals surface area contributed by atoms with Crippen LogP contribution in [-0.4, -0.2) is 16.9 Å². The Morgan fingerprint density at radius 2 is 1.81 bits per heavy atom. The third-order valence-corrected chi connectivity index (χ3v) is 4.22. The van der Waals surface area contributed by atoms with E-state index in [4.69, 9.17) is 4.74 Å². The number of hydrogen-bond donors (Lipinski definition) is 0. The van der Waals surface area contributed by atoms with Crippen LogP contribution >= 0.6 is 0 Å². The minimum absolute atomic E-state index is 0.360. The van der Waals surface area contributed by atoms with Crippen LogP contribution < -0.4 is 4.74 Å². The zero-order valence-electron chi connectivity index (χ0n) is 15.0. The van der Waals surface area contributed by atoms with Crippen LogP contribution in [0, 0.1) is 6.92 Å². The summed E-state index contributed by atoms with van der Waals surface area (Å²) in [5.41, 5.74) is 2.47. The fraction of sp³-hybridized carbons (Fsp3) is 0.190. The fourth-order valence-electron chi connectivity index (χ4n) is 2.86.